The Kier molecular flexibility index (Phi) is 6.04. The summed E-state index contributed by atoms with van der Waals surface area (Å²) in [7, 11) is 2.03. The van der Waals surface area contributed by atoms with Crippen LogP contribution in [0.2, 0.25) is 0 Å². The number of unbranched alkanes of at least 4 members (excludes halogenated alkanes) is 2. The van der Waals surface area contributed by atoms with E-state index < -0.39 is 0 Å². The van der Waals surface area contributed by atoms with Crippen LogP contribution >= 0.6 is 0 Å². The Hall–Kier alpha value is -1.57. The highest BCUT2D eigenvalue weighted by Gasteiger charge is 2.20. The van der Waals surface area contributed by atoms with E-state index in [2.05, 4.69) is 28.4 Å². The second-order valence-electron chi connectivity index (χ2n) is 5.82. The molecule has 2 rings (SSSR count). The van der Waals surface area contributed by atoms with E-state index in [1.807, 2.05) is 13.1 Å². The number of aliphatic hydroxyl groups excluding tert-OH is 1. The average Bonchev–Trinajstić information content (AvgIpc) is 3.33. The van der Waals surface area contributed by atoms with E-state index in [4.69, 9.17) is 5.11 Å². The first-order valence-electron chi connectivity index (χ1n) is 7.83. The molecule has 0 bridgehead atoms. The summed E-state index contributed by atoms with van der Waals surface area (Å²) in [5, 5.41) is 21.6. The van der Waals surface area contributed by atoms with Crippen molar-refractivity contribution in [1.82, 2.24) is 5.32 Å². The molecule has 0 aliphatic heterocycles. The summed E-state index contributed by atoms with van der Waals surface area (Å²) >= 11 is 0. The van der Waals surface area contributed by atoms with Crippen molar-refractivity contribution in [3.63, 3.8) is 0 Å². The molecule has 1 aliphatic carbocycles. The van der Waals surface area contributed by atoms with Crippen molar-refractivity contribution in [3.8, 4) is 6.07 Å². The fourth-order valence-corrected chi connectivity index (χ4v) is 2.42. The van der Waals surface area contributed by atoms with Crippen molar-refractivity contribution in [2.24, 2.45) is 0 Å². The van der Waals surface area contributed by atoms with Gasteiger partial charge in [-0.25, -0.2) is 0 Å². The van der Waals surface area contributed by atoms with Crippen molar-refractivity contribution in [2.45, 2.75) is 44.7 Å². The molecule has 0 saturated heterocycles. The molecule has 0 radical (unpaired) electrons. The topological polar surface area (TPSA) is 59.3 Å². The number of nitrogens with zero attached hydrogens (tertiary/aromatic N) is 2. The monoisotopic (exact) mass is 287 g/mol. The molecule has 0 unspecified atom stereocenters. The molecule has 1 aromatic carbocycles. The third-order valence-electron chi connectivity index (χ3n) is 3.92. The van der Waals surface area contributed by atoms with Crippen molar-refractivity contribution in [3.05, 3.63) is 29.3 Å². The summed E-state index contributed by atoms with van der Waals surface area (Å²) in [6.07, 6.45) is 5.46. The van der Waals surface area contributed by atoms with Gasteiger partial charge in [-0.2, -0.15) is 5.26 Å². The number of aliphatic hydroxyl groups is 1. The Labute approximate surface area is 127 Å². The first kappa shape index (κ1) is 15.8. The number of rotatable bonds is 9. The van der Waals surface area contributed by atoms with Crippen LogP contribution in [0.4, 0.5) is 5.69 Å². The van der Waals surface area contributed by atoms with E-state index in [1.54, 1.807) is 0 Å². The zero-order valence-corrected chi connectivity index (χ0v) is 12.8. The van der Waals surface area contributed by atoms with E-state index in [1.165, 1.54) is 18.4 Å². The van der Waals surface area contributed by atoms with Crippen LogP contribution in [0, 0.1) is 11.3 Å². The van der Waals surface area contributed by atoms with Gasteiger partial charge in [-0.05, 0) is 49.8 Å². The van der Waals surface area contributed by atoms with E-state index in [0.29, 0.717) is 6.04 Å². The number of hydrogen-bond donors (Lipinski definition) is 2. The highest BCUT2D eigenvalue weighted by atomic mass is 16.2. The van der Waals surface area contributed by atoms with Gasteiger partial charge in [-0.3, -0.25) is 0 Å². The molecule has 2 N–H and O–H groups in total. The maximum atomic E-state index is 9.36. The van der Waals surface area contributed by atoms with Crippen LogP contribution in [0.15, 0.2) is 18.2 Å². The van der Waals surface area contributed by atoms with Crippen LogP contribution in [0.25, 0.3) is 0 Å². The zero-order chi connectivity index (χ0) is 15.1. The van der Waals surface area contributed by atoms with Crippen LogP contribution in [0.3, 0.4) is 0 Å². The summed E-state index contributed by atoms with van der Waals surface area (Å²) < 4.78 is 0. The van der Waals surface area contributed by atoms with Gasteiger partial charge in [0.2, 0.25) is 0 Å². The number of anilines is 1. The number of nitrogens with one attached hydrogen (secondary N) is 1. The highest BCUT2D eigenvalue weighted by molar-refractivity contribution is 5.60. The molecule has 1 aromatic rings. The molecule has 21 heavy (non-hydrogen) atoms. The summed E-state index contributed by atoms with van der Waals surface area (Å²) in [6.45, 7) is 2.02. The highest BCUT2D eigenvalue weighted by Crippen LogP contribution is 2.23. The van der Waals surface area contributed by atoms with Gasteiger partial charge in [-0.1, -0.05) is 6.07 Å². The summed E-state index contributed by atoms with van der Waals surface area (Å²) in [5.41, 5.74) is 2.92. The lowest BCUT2D eigenvalue weighted by molar-refractivity contribution is 0.283. The molecule has 0 amide bonds. The second-order valence-corrected chi connectivity index (χ2v) is 5.82. The first-order valence-corrected chi connectivity index (χ1v) is 7.83. The summed E-state index contributed by atoms with van der Waals surface area (Å²) in [5.74, 6) is 0. The normalized spacial score (nSPS) is 14.0. The van der Waals surface area contributed by atoms with Crippen molar-refractivity contribution >= 4 is 5.69 Å². The van der Waals surface area contributed by atoms with Gasteiger partial charge < -0.3 is 15.3 Å². The third kappa shape index (κ3) is 5.04. The van der Waals surface area contributed by atoms with Gasteiger partial charge in [0.25, 0.3) is 0 Å². The summed E-state index contributed by atoms with van der Waals surface area (Å²) in [6, 6.07) is 9.15. The van der Waals surface area contributed by atoms with Gasteiger partial charge >= 0.3 is 0 Å². The lowest BCUT2D eigenvalue weighted by Gasteiger charge is -2.21. The minimum absolute atomic E-state index is 0.260. The van der Waals surface area contributed by atoms with Crippen molar-refractivity contribution in [1.29, 1.82) is 5.26 Å². The molecule has 1 aliphatic rings. The third-order valence-corrected chi connectivity index (χ3v) is 3.92. The molecule has 1 fully saturated rings. The maximum Gasteiger partial charge on any atom is 0.101 e. The van der Waals surface area contributed by atoms with Crippen LogP contribution in [-0.2, 0) is 6.54 Å². The zero-order valence-electron chi connectivity index (χ0n) is 12.8. The minimum Gasteiger partial charge on any atom is -0.396 e. The second kappa shape index (κ2) is 8.02. The van der Waals surface area contributed by atoms with Gasteiger partial charge in [0, 0.05) is 32.8 Å². The fourth-order valence-electron chi connectivity index (χ4n) is 2.42. The number of hydrogen-bond acceptors (Lipinski definition) is 4. The Morgan fingerprint density at radius 1 is 1.33 bits per heavy atom. The smallest absolute Gasteiger partial charge is 0.101 e. The Balaban J connectivity index is 1.92. The molecule has 0 heterocycles. The number of benzene rings is 1. The molecule has 4 heteroatoms. The van der Waals surface area contributed by atoms with Crippen LogP contribution in [0.1, 0.15) is 43.2 Å². The predicted molar refractivity (Wildman–Crippen MR) is 85.2 cm³/mol. The van der Waals surface area contributed by atoms with Crippen molar-refractivity contribution < 1.29 is 5.11 Å². The standard InChI is InChI=1S/C17H25N3O/c1-20(9-3-2-4-10-21)17-8-5-14(11-15(17)12-18)13-19-16-6-7-16/h5,8,11,16,19,21H,2-4,6-7,9-10,13H2,1H3. The van der Waals surface area contributed by atoms with E-state index >= 15 is 0 Å². The number of nitriles is 1. The first-order chi connectivity index (χ1) is 10.2. The largest absolute Gasteiger partial charge is 0.396 e. The Morgan fingerprint density at radius 3 is 2.81 bits per heavy atom. The molecule has 4 nitrogen and oxygen atoms in total. The molecular weight excluding hydrogens is 262 g/mol. The lowest BCUT2D eigenvalue weighted by Crippen LogP contribution is -2.20. The van der Waals surface area contributed by atoms with Gasteiger partial charge in [0.05, 0.1) is 11.3 Å². The van der Waals surface area contributed by atoms with Gasteiger partial charge in [0.1, 0.15) is 6.07 Å². The fraction of sp³-hybridized carbons (Fsp3) is 0.588. The van der Waals surface area contributed by atoms with E-state index in [9.17, 15) is 5.26 Å². The predicted octanol–water partition coefficient (Wildman–Crippen LogP) is 2.41. The van der Waals surface area contributed by atoms with Crippen LogP contribution in [0.5, 0.6) is 0 Å². The van der Waals surface area contributed by atoms with Crippen molar-refractivity contribution in [2.75, 3.05) is 25.1 Å². The molecule has 1 saturated carbocycles. The average molecular weight is 287 g/mol. The van der Waals surface area contributed by atoms with Crippen LogP contribution in [-0.4, -0.2) is 31.3 Å². The SMILES string of the molecule is CN(CCCCCO)c1ccc(CNC2CC2)cc1C#N. The van der Waals surface area contributed by atoms with Gasteiger partial charge in [0.15, 0.2) is 0 Å². The van der Waals surface area contributed by atoms with Gasteiger partial charge in [-0.15, -0.1) is 0 Å². The lowest BCUT2D eigenvalue weighted by atomic mass is 10.1. The van der Waals surface area contributed by atoms with Crippen LogP contribution < -0.4 is 10.2 Å². The molecule has 0 spiro atoms. The van der Waals surface area contributed by atoms with E-state index in [-0.39, 0.29) is 6.61 Å². The Bertz CT molecular complexity index is 491. The Morgan fingerprint density at radius 2 is 2.14 bits per heavy atom. The maximum absolute atomic E-state index is 9.36. The van der Waals surface area contributed by atoms with E-state index in [0.717, 1.165) is 43.6 Å². The summed E-state index contributed by atoms with van der Waals surface area (Å²) in [4.78, 5) is 2.13. The molecule has 0 atom stereocenters. The molecule has 0 aromatic heterocycles. The quantitative estimate of drug-likeness (QED) is 0.685. The minimum atomic E-state index is 0.260. The molecule has 114 valence electrons. The molecular formula is C17H25N3O.